The SMILES string of the molecule is CC(C)NS(=O)(=O)c1cc(NCc2ccccc2O)cc(C(=O)NCc2cn3ccccc3n2)c1. The number of phenols is 1. The van der Waals surface area contributed by atoms with Crippen molar-refractivity contribution < 1.29 is 18.3 Å². The number of carbonyl (C=O) groups is 1. The number of para-hydroxylation sites is 1. The standard InChI is InChI=1S/C25H27N5O4S/c1-17(2)29-35(33,34)22-12-19(11-20(13-22)26-14-18-7-3-4-8-23(18)31)25(32)27-15-21-16-30-10-6-5-9-24(30)28-21/h3-13,16-17,26,29,31H,14-15H2,1-2H3,(H,27,32). The Morgan fingerprint density at radius 3 is 2.57 bits per heavy atom. The van der Waals surface area contributed by atoms with E-state index in [0.29, 0.717) is 16.9 Å². The number of pyridine rings is 1. The van der Waals surface area contributed by atoms with Crippen molar-refractivity contribution in [3.05, 3.63) is 89.9 Å². The predicted molar refractivity (Wildman–Crippen MR) is 134 cm³/mol. The van der Waals surface area contributed by atoms with Crippen LogP contribution < -0.4 is 15.4 Å². The maximum Gasteiger partial charge on any atom is 0.251 e. The average molecular weight is 494 g/mol. The molecule has 2 heterocycles. The summed E-state index contributed by atoms with van der Waals surface area (Å²) in [5, 5.41) is 15.9. The van der Waals surface area contributed by atoms with Crippen LogP contribution in [0.3, 0.4) is 0 Å². The molecular weight excluding hydrogens is 466 g/mol. The number of carbonyl (C=O) groups excluding carboxylic acids is 1. The first-order valence-electron chi connectivity index (χ1n) is 11.1. The van der Waals surface area contributed by atoms with Gasteiger partial charge in [-0.2, -0.15) is 0 Å². The number of anilines is 1. The van der Waals surface area contributed by atoms with E-state index in [0.717, 1.165) is 5.65 Å². The molecule has 0 aliphatic heterocycles. The number of rotatable bonds is 9. The number of nitrogens with one attached hydrogen (secondary N) is 3. The topological polar surface area (TPSA) is 125 Å². The number of fused-ring (bicyclic) bond motifs is 1. The molecule has 0 spiro atoms. The van der Waals surface area contributed by atoms with Crippen LogP contribution in [-0.4, -0.2) is 34.9 Å². The average Bonchev–Trinajstić information content (AvgIpc) is 3.24. The maximum atomic E-state index is 13.0. The predicted octanol–water partition coefficient (Wildman–Crippen LogP) is 3.27. The number of phenolic OH excluding ortho intramolecular Hbond substituents is 1. The van der Waals surface area contributed by atoms with Gasteiger partial charge in [0.2, 0.25) is 10.0 Å². The molecule has 9 nitrogen and oxygen atoms in total. The van der Waals surface area contributed by atoms with Crippen LogP contribution in [0.4, 0.5) is 5.69 Å². The molecule has 10 heteroatoms. The first-order valence-corrected chi connectivity index (χ1v) is 12.6. The molecular formula is C25H27N5O4S. The van der Waals surface area contributed by atoms with E-state index in [1.807, 2.05) is 35.0 Å². The van der Waals surface area contributed by atoms with E-state index in [2.05, 4.69) is 20.3 Å². The lowest BCUT2D eigenvalue weighted by molar-refractivity contribution is 0.0950. The van der Waals surface area contributed by atoms with Crippen molar-refractivity contribution in [3.8, 4) is 5.75 Å². The number of hydrogen-bond acceptors (Lipinski definition) is 6. The molecule has 0 radical (unpaired) electrons. The number of aromatic nitrogens is 2. The summed E-state index contributed by atoms with van der Waals surface area (Å²) >= 11 is 0. The Kier molecular flexibility index (Phi) is 7.04. The van der Waals surface area contributed by atoms with E-state index in [9.17, 15) is 18.3 Å². The van der Waals surface area contributed by atoms with Gasteiger partial charge in [0.25, 0.3) is 5.91 Å². The number of nitrogens with zero attached hydrogens (tertiary/aromatic N) is 2. The maximum absolute atomic E-state index is 13.0. The fraction of sp³-hybridized carbons (Fsp3) is 0.200. The Morgan fingerprint density at radius 1 is 1.06 bits per heavy atom. The second kappa shape index (κ2) is 10.2. The van der Waals surface area contributed by atoms with Crippen LogP contribution >= 0.6 is 0 Å². The number of benzene rings is 2. The smallest absolute Gasteiger partial charge is 0.251 e. The van der Waals surface area contributed by atoms with E-state index in [1.54, 1.807) is 44.2 Å². The van der Waals surface area contributed by atoms with E-state index >= 15 is 0 Å². The molecule has 0 atom stereocenters. The summed E-state index contributed by atoms with van der Waals surface area (Å²) in [6.07, 6.45) is 3.69. The first-order chi connectivity index (χ1) is 16.7. The van der Waals surface area contributed by atoms with Crippen molar-refractivity contribution in [2.24, 2.45) is 0 Å². The minimum Gasteiger partial charge on any atom is -0.508 e. The largest absolute Gasteiger partial charge is 0.508 e. The van der Waals surface area contributed by atoms with Gasteiger partial charge >= 0.3 is 0 Å². The van der Waals surface area contributed by atoms with E-state index in [1.165, 1.54) is 12.1 Å². The van der Waals surface area contributed by atoms with Crippen LogP contribution in [0.2, 0.25) is 0 Å². The third kappa shape index (κ3) is 5.97. The van der Waals surface area contributed by atoms with Crippen LogP contribution in [-0.2, 0) is 23.1 Å². The number of amides is 1. The minimum absolute atomic E-state index is 0.0358. The van der Waals surface area contributed by atoms with E-state index < -0.39 is 15.9 Å². The molecule has 2 aromatic carbocycles. The molecule has 4 rings (SSSR count). The summed E-state index contributed by atoms with van der Waals surface area (Å²) in [5.41, 5.74) is 2.69. The van der Waals surface area contributed by atoms with Crippen molar-refractivity contribution in [2.45, 2.75) is 37.9 Å². The highest BCUT2D eigenvalue weighted by Crippen LogP contribution is 2.22. The highest BCUT2D eigenvalue weighted by atomic mass is 32.2. The van der Waals surface area contributed by atoms with Crippen molar-refractivity contribution in [3.63, 3.8) is 0 Å². The summed E-state index contributed by atoms with van der Waals surface area (Å²) < 4.78 is 30.1. The normalized spacial score (nSPS) is 11.6. The molecule has 4 N–H and O–H groups in total. The molecule has 0 saturated heterocycles. The Morgan fingerprint density at radius 2 is 1.83 bits per heavy atom. The van der Waals surface area contributed by atoms with Gasteiger partial charge in [0.05, 0.1) is 17.1 Å². The van der Waals surface area contributed by atoms with Gasteiger partial charge in [0.1, 0.15) is 11.4 Å². The van der Waals surface area contributed by atoms with Crippen molar-refractivity contribution >= 4 is 27.3 Å². The van der Waals surface area contributed by atoms with Gasteiger partial charge < -0.3 is 20.1 Å². The minimum atomic E-state index is -3.85. The lowest BCUT2D eigenvalue weighted by Gasteiger charge is -2.14. The molecule has 182 valence electrons. The van der Waals surface area contributed by atoms with E-state index in [4.69, 9.17) is 0 Å². The lowest BCUT2D eigenvalue weighted by atomic mass is 10.1. The highest BCUT2D eigenvalue weighted by molar-refractivity contribution is 7.89. The van der Waals surface area contributed by atoms with Gasteiger partial charge in [-0.05, 0) is 50.2 Å². The molecule has 0 saturated carbocycles. The van der Waals surface area contributed by atoms with E-state index in [-0.39, 0.29) is 35.3 Å². The van der Waals surface area contributed by atoms with Gasteiger partial charge in [-0.1, -0.05) is 24.3 Å². The Bertz CT molecular complexity index is 1430. The molecule has 0 aliphatic rings. The molecule has 4 aromatic rings. The van der Waals surface area contributed by atoms with Crippen molar-refractivity contribution in [1.29, 1.82) is 0 Å². The van der Waals surface area contributed by atoms with Crippen LogP contribution in [0.25, 0.3) is 5.65 Å². The zero-order chi connectivity index (χ0) is 25.0. The Hall–Kier alpha value is -3.89. The monoisotopic (exact) mass is 493 g/mol. The lowest BCUT2D eigenvalue weighted by Crippen LogP contribution is -2.30. The number of hydrogen-bond donors (Lipinski definition) is 4. The van der Waals surface area contributed by atoms with Gasteiger partial charge in [-0.3, -0.25) is 4.79 Å². The summed E-state index contributed by atoms with van der Waals surface area (Å²) in [6, 6.07) is 16.5. The van der Waals surface area contributed by atoms with Crippen LogP contribution in [0.15, 0.2) is 78.0 Å². The third-order valence-electron chi connectivity index (χ3n) is 5.19. The molecule has 2 aromatic heterocycles. The Labute approximate surface area is 203 Å². The zero-order valence-electron chi connectivity index (χ0n) is 19.4. The third-order valence-corrected chi connectivity index (χ3v) is 6.83. The summed E-state index contributed by atoms with van der Waals surface area (Å²) in [4.78, 5) is 17.4. The van der Waals surface area contributed by atoms with Crippen LogP contribution in [0, 0.1) is 0 Å². The molecule has 0 unspecified atom stereocenters. The molecule has 0 bridgehead atoms. The Balaban J connectivity index is 1.58. The van der Waals surface area contributed by atoms with Gasteiger partial charge in [0, 0.05) is 41.8 Å². The molecule has 0 fully saturated rings. The molecule has 0 aliphatic carbocycles. The zero-order valence-corrected chi connectivity index (χ0v) is 20.2. The second-order valence-electron chi connectivity index (χ2n) is 8.39. The summed E-state index contributed by atoms with van der Waals surface area (Å²) in [6.45, 7) is 3.87. The fourth-order valence-electron chi connectivity index (χ4n) is 3.57. The fourth-order valence-corrected chi connectivity index (χ4v) is 4.89. The number of aromatic hydroxyl groups is 1. The van der Waals surface area contributed by atoms with Gasteiger partial charge in [-0.15, -0.1) is 0 Å². The van der Waals surface area contributed by atoms with Gasteiger partial charge in [0.15, 0.2) is 0 Å². The highest BCUT2D eigenvalue weighted by Gasteiger charge is 2.19. The first kappa shape index (κ1) is 24.2. The quantitative estimate of drug-likeness (QED) is 0.284. The van der Waals surface area contributed by atoms with Gasteiger partial charge in [-0.25, -0.2) is 18.1 Å². The van der Waals surface area contributed by atoms with Crippen LogP contribution in [0.5, 0.6) is 5.75 Å². The number of sulfonamides is 1. The summed E-state index contributed by atoms with van der Waals surface area (Å²) in [7, 11) is -3.85. The molecule has 1 amide bonds. The molecule has 35 heavy (non-hydrogen) atoms. The van der Waals surface area contributed by atoms with Crippen molar-refractivity contribution in [1.82, 2.24) is 19.4 Å². The van der Waals surface area contributed by atoms with Crippen LogP contribution in [0.1, 0.15) is 35.5 Å². The van der Waals surface area contributed by atoms with Crippen molar-refractivity contribution in [2.75, 3.05) is 5.32 Å². The second-order valence-corrected chi connectivity index (χ2v) is 10.1. The number of imidazole rings is 1. The summed E-state index contributed by atoms with van der Waals surface area (Å²) in [5.74, 6) is -0.315.